The molecule has 3 aromatic rings. The van der Waals surface area contributed by atoms with Crippen LogP contribution in [-0.2, 0) is 6.54 Å². The Kier molecular flexibility index (Phi) is 6.20. The van der Waals surface area contributed by atoms with Gasteiger partial charge in [0.15, 0.2) is 0 Å². The molecule has 30 heavy (non-hydrogen) atoms. The zero-order valence-corrected chi connectivity index (χ0v) is 17.9. The van der Waals surface area contributed by atoms with Gasteiger partial charge >= 0.3 is 0 Å². The third-order valence-corrected chi connectivity index (χ3v) is 5.97. The number of hydrogen-bond acceptors (Lipinski definition) is 8. The highest BCUT2D eigenvalue weighted by Crippen LogP contribution is 2.25. The topological polar surface area (TPSA) is 83.5 Å². The van der Waals surface area contributed by atoms with Crippen LogP contribution < -0.4 is 15.0 Å². The van der Waals surface area contributed by atoms with Gasteiger partial charge in [-0.3, -0.25) is 4.79 Å². The molecule has 4 rings (SSSR count). The van der Waals surface area contributed by atoms with Crippen molar-refractivity contribution in [3.63, 3.8) is 0 Å². The number of carbonyl (C=O) groups excluding carboxylic acids is 1. The first kappa shape index (κ1) is 20.2. The number of anilines is 1. The summed E-state index contributed by atoms with van der Waals surface area (Å²) in [7, 11) is 3.75. The Balaban J connectivity index is 1.37. The zero-order valence-electron chi connectivity index (χ0n) is 17.0. The highest BCUT2D eigenvalue weighted by Gasteiger charge is 2.17. The summed E-state index contributed by atoms with van der Waals surface area (Å²) in [5.74, 6) is 1.37. The van der Waals surface area contributed by atoms with Crippen LogP contribution in [0.15, 0.2) is 42.0 Å². The van der Waals surface area contributed by atoms with Crippen molar-refractivity contribution >= 4 is 23.1 Å². The fraction of sp³-hybridized carbons (Fsp3) is 0.333. The van der Waals surface area contributed by atoms with E-state index in [-0.39, 0.29) is 5.91 Å². The van der Waals surface area contributed by atoms with E-state index in [1.54, 1.807) is 24.5 Å². The summed E-state index contributed by atoms with van der Waals surface area (Å²) < 4.78 is 5.19. The molecule has 1 aliphatic rings. The van der Waals surface area contributed by atoms with Crippen molar-refractivity contribution in [1.29, 1.82) is 0 Å². The molecular formula is C21H24N6O2S. The van der Waals surface area contributed by atoms with E-state index in [1.807, 2.05) is 29.6 Å². The van der Waals surface area contributed by atoms with Crippen LogP contribution in [0.3, 0.4) is 0 Å². The highest BCUT2D eigenvalue weighted by atomic mass is 32.1. The molecule has 1 fully saturated rings. The molecule has 1 saturated heterocycles. The van der Waals surface area contributed by atoms with E-state index in [1.165, 1.54) is 6.33 Å². The first-order valence-electron chi connectivity index (χ1n) is 9.75. The maximum absolute atomic E-state index is 12.6. The van der Waals surface area contributed by atoms with Crippen LogP contribution in [0.1, 0.15) is 16.2 Å². The number of rotatable bonds is 6. The summed E-state index contributed by atoms with van der Waals surface area (Å²) in [6.45, 7) is 4.08. The third-order valence-electron chi connectivity index (χ3n) is 5.03. The lowest BCUT2D eigenvalue weighted by atomic mass is 10.2. The van der Waals surface area contributed by atoms with Crippen molar-refractivity contribution < 1.29 is 9.53 Å². The number of methoxy groups -OCH3 is 1. The molecule has 2 aromatic heterocycles. The molecule has 0 atom stereocenters. The maximum Gasteiger partial charge on any atom is 0.270 e. The summed E-state index contributed by atoms with van der Waals surface area (Å²) in [5.41, 5.74) is 2.20. The smallest absolute Gasteiger partial charge is 0.270 e. The molecule has 1 amide bonds. The van der Waals surface area contributed by atoms with Crippen LogP contribution in [0, 0.1) is 0 Å². The van der Waals surface area contributed by atoms with Crippen molar-refractivity contribution in [2.24, 2.45) is 0 Å². The largest absolute Gasteiger partial charge is 0.497 e. The molecule has 8 nitrogen and oxygen atoms in total. The van der Waals surface area contributed by atoms with Gasteiger partial charge in [0.1, 0.15) is 28.6 Å². The third kappa shape index (κ3) is 4.74. The monoisotopic (exact) mass is 424 g/mol. The van der Waals surface area contributed by atoms with Crippen LogP contribution in [0.4, 0.5) is 5.82 Å². The SMILES string of the molecule is COc1ccc(-c2nc(CNC(=O)c3cc(N4CCN(C)CC4)ncn3)cs2)cc1. The number of aromatic nitrogens is 3. The van der Waals surface area contributed by atoms with Crippen LogP contribution >= 0.6 is 11.3 Å². The minimum absolute atomic E-state index is 0.230. The van der Waals surface area contributed by atoms with Gasteiger partial charge < -0.3 is 19.9 Å². The number of carbonyl (C=O) groups is 1. The minimum atomic E-state index is -0.230. The summed E-state index contributed by atoms with van der Waals surface area (Å²) in [6.07, 6.45) is 1.45. The van der Waals surface area contributed by atoms with E-state index in [4.69, 9.17) is 4.74 Å². The molecule has 1 N–H and O–H groups in total. The number of nitrogens with one attached hydrogen (secondary N) is 1. The fourth-order valence-electron chi connectivity index (χ4n) is 3.20. The van der Waals surface area contributed by atoms with E-state index < -0.39 is 0 Å². The Bertz CT molecular complexity index is 999. The van der Waals surface area contributed by atoms with Gasteiger partial charge in [-0.05, 0) is 31.3 Å². The number of benzene rings is 1. The second kappa shape index (κ2) is 9.19. The number of nitrogens with zero attached hydrogens (tertiary/aromatic N) is 5. The summed E-state index contributed by atoms with van der Waals surface area (Å²) in [5, 5.41) is 5.76. The van der Waals surface area contributed by atoms with Gasteiger partial charge in [-0.25, -0.2) is 15.0 Å². The maximum atomic E-state index is 12.6. The van der Waals surface area contributed by atoms with E-state index in [9.17, 15) is 4.79 Å². The van der Waals surface area contributed by atoms with Crippen LogP contribution in [0.5, 0.6) is 5.75 Å². The van der Waals surface area contributed by atoms with Crippen LogP contribution in [0.25, 0.3) is 10.6 Å². The molecule has 0 spiro atoms. The zero-order chi connectivity index (χ0) is 20.9. The molecule has 156 valence electrons. The fourth-order valence-corrected chi connectivity index (χ4v) is 4.02. The normalized spacial score (nSPS) is 14.5. The highest BCUT2D eigenvalue weighted by molar-refractivity contribution is 7.13. The van der Waals surface area contributed by atoms with Crippen molar-refractivity contribution in [3.8, 4) is 16.3 Å². The molecular weight excluding hydrogens is 400 g/mol. The molecule has 0 unspecified atom stereocenters. The molecule has 1 aromatic carbocycles. The number of thiazole rings is 1. The summed E-state index contributed by atoms with van der Waals surface area (Å²) in [4.78, 5) is 30.1. The minimum Gasteiger partial charge on any atom is -0.497 e. The Hall–Kier alpha value is -3.04. The van der Waals surface area contributed by atoms with Crippen molar-refractivity contribution in [3.05, 3.63) is 53.4 Å². The Morgan fingerprint density at radius 2 is 1.93 bits per heavy atom. The van der Waals surface area contributed by atoms with Crippen LogP contribution in [0.2, 0.25) is 0 Å². The van der Waals surface area contributed by atoms with Crippen molar-refractivity contribution in [1.82, 2.24) is 25.2 Å². The molecule has 0 aliphatic carbocycles. The van der Waals surface area contributed by atoms with Gasteiger partial charge in [0.05, 0.1) is 19.3 Å². The summed E-state index contributed by atoms with van der Waals surface area (Å²) >= 11 is 1.55. The lowest BCUT2D eigenvalue weighted by molar-refractivity contribution is 0.0945. The molecule has 0 radical (unpaired) electrons. The standard InChI is InChI=1S/C21H24N6O2S/c1-26-7-9-27(10-8-26)19-11-18(23-14-24-19)20(28)22-12-16-13-30-21(25-16)15-3-5-17(29-2)6-4-15/h3-6,11,13-14H,7-10,12H2,1-2H3,(H,22,28). The molecule has 3 heterocycles. The molecule has 0 saturated carbocycles. The van der Waals surface area contributed by atoms with Gasteiger partial charge in [-0.1, -0.05) is 0 Å². The van der Waals surface area contributed by atoms with Gasteiger partial charge in [-0.2, -0.15) is 0 Å². The van der Waals surface area contributed by atoms with E-state index in [2.05, 4.69) is 37.1 Å². The Labute approximate surface area is 179 Å². The predicted molar refractivity (Wildman–Crippen MR) is 117 cm³/mol. The molecule has 9 heteroatoms. The molecule has 1 aliphatic heterocycles. The molecule has 0 bridgehead atoms. The second-order valence-corrected chi connectivity index (χ2v) is 7.97. The van der Waals surface area contributed by atoms with Crippen molar-refractivity contribution in [2.45, 2.75) is 6.54 Å². The quantitative estimate of drug-likeness (QED) is 0.650. The number of amides is 1. The Morgan fingerprint density at radius 3 is 2.67 bits per heavy atom. The number of piperazine rings is 1. The lowest BCUT2D eigenvalue weighted by Crippen LogP contribution is -2.44. The van der Waals surface area contributed by atoms with E-state index >= 15 is 0 Å². The van der Waals surface area contributed by atoms with Crippen LogP contribution in [-0.4, -0.2) is 66.1 Å². The van der Waals surface area contributed by atoms with Gasteiger partial charge in [0.2, 0.25) is 0 Å². The van der Waals surface area contributed by atoms with Gasteiger partial charge in [-0.15, -0.1) is 11.3 Å². The number of ether oxygens (including phenoxy) is 1. The average Bonchev–Trinajstić information content (AvgIpc) is 3.27. The van der Waals surface area contributed by atoms with Gasteiger partial charge in [0, 0.05) is 43.2 Å². The van der Waals surface area contributed by atoms with Gasteiger partial charge in [0.25, 0.3) is 5.91 Å². The predicted octanol–water partition coefficient (Wildman–Crippen LogP) is 2.29. The first-order valence-corrected chi connectivity index (χ1v) is 10.6. The van der Waals surface area contributed by atoms with E-state index in [0.717, 1.165) is 54.0 Å². The average molecular weight is 425 g/mol. The number of hydrogen-bond donors (Lipinski definition) is 1. The first-order chi connectivity index (χ1) is 14.6. The van der Waals surface area contributed by atoms with E-state index in [0.29, 0.717) is 12.2 Å². The Morgan fingerprint density at radius 1 is 1.17 bits per heavy atom. The number of likely N-dealkylation sites (N-methyl/N-ethyl adjacent to an activating group) is 1. The summed E-state index contributed by atoms with van der Waals surface area (Å²) in [6, 6.07) is 9.52. The van der Waals surface area contributed by atoms with Crippen molar-refractivity contribution in [2.75, 3.05) is 45.2 Å². The lowest BCUT2D eigenvalue weighted by Gasteiger charge is -2.33. The second-order valence-electron chi connectivity index (χ2n) is 7.11.